The summed E-state index contributed by atoms with van der Waals surface area (Å²) < 4.78 is 32.6. The van der Waals surface area contributed by atoms with Crippen LogP contribution < -0.4 is 20.3 Å². The maximum Gasteiger partial charge on any atom is 0.269 e. The van der Waals surface area contributed by atoms with Crippen LogP contribution in [0.2, 0.25) is 0 Å². The Balaban J connectivity index is 1.75. The molecule has 2 amide bonds. The Morgan fingerprint density at radius 2 is 1.59 bits per heavy atom. The number of benzene rings is 2. The van der Waals surface area contributed by atoms with E-state index in [0.717, 1.165) is 12.8 Å². The van der Waals surface area contributed by atoms with Crippen LogP contribution in [0.3, 0.4) is 0 Å². The fourth-order valence-corrected chi connectivity index (χ4v) is 3.86. The highest BCUT2D eigenvalue weighted by molar-refractivity contribution is 7.89. The smallest absolute Gasteiger partial charge is 0.269 e. The highest BCUT2D eigenvalue weighted by Crippen LogP contribution is 2.28. The van der Waals surface area contributed by atoms with Crippen molar-refractivity contribution >= 4 is 21.8 Å². The lowest BCUT2D eigenvalue weighted by Crippen LogP contribution is -2.41. The van der Waals surface area contributed by atoms with Gasteiger partial charge in [-0.1, -0.05) is 18.2 Å². The minimum Gasteiger partial charge on any atom is -0.495 e. The Kier molecular flexibility index (Phi) is 5.43. The second kappa shape index (κ2) is 7.77. The van der Waals surface area contributed by atoms with Crippen molar-refractivity contribution in [2.24, 2.45) is 0 Å². The summed E-state index contributed by atoms with van der Waals surface area (Å²) in [6.07, 6.45) is 1.57. The lowest BCUT2D eigenvalue weighted by Gasteiger charge is -2.12. The summed E-state index contributed by atoms with van der Waals surface area (Å²) in [4.78, 5) is 24.2. The third-order valence-corrected chi connectivity index (χ3v) is 5.48. The second-order valence-corrected chi connectivity index (χ2v) is 7.72. The number of nitrogens with one attached hydrogen (secondary N) is 3. The monoisotopic (exact) mass is 389 g/mol. The molecule has 2 aromatic carbocycles. The van der Waals surface area contributed by atoms with Crippen LogP contribution in [0.1, 0.15) is 33.6 Å². The van der Waals surface area contributed by atoms with Crippen LogP contribution in [0.4, 0.5) is 0 Å². The number of rotatable bonds is 6. The van der Waals surface area contributed by atoms with E-state index in [0.29, 0.717) is 5.56 Å². The van der Waals surface area contributed by atoms with Crippen LogP contribution in [0.25, 0.3) is 0 Å². The first kappa shape index (κ1) is 18.9. The van der Waals surface area contributed by atoms with Gasteiger partial charge in [-0.2, -0.15) is 0 Å². The fourth-order valence-electron chi connectivity index (χ4n) is 2.36. The molecule has 0 aromatic heterocycles. The number of carbonyl (C=O) groups excluding carboxylic acids is 2. The number of hydrazine groups is 1. The molecular weight excluding hydrogens is 370 g/mol. The molecule has 0 unspecified atom stereocenters. The van der Waals surface area contributed by atoms with Gasteiger partial charge >= 0.3 is 0 Å². The van der Waals surface area contributed by atoms with Gasteiger partial charge < -0.3 is 4.74 Å². The number of amides is 2. The first-order valence-electron chi connectivity index (χ1n) is 8.27. The predicted molar refractivity (Wildman–Crippen MR) is 97.7 cm³/mol. The molecule has 1 aliphatic rings. The summed E-state index contributed by atoms with van der Waals surface area (Å²) in [5, 5.41) is 0. The predicted octanol–water partition coefficient (Wildman–Crippen LogP) is 1.21. The van der Waals surface area contributed by atoms with Crippen LogP contribution in [0.15, 0.2) is 53.4 Å². The first-order chi connectivity index (χ1) is 12.9. The summed E-state index contributed by atoms with van der Waals surface area (Å²) in [7, 11) is -2.46. The summed E-state index contributed by atoms with van der Waals surface area (Å²) in [6, 6.07) is 12.3. The average Bonchev–Trinajstić information content (AvgIpc) is 3.49. The molecule has 0 spiro atoms. The standard InChI is InChI=1S/C18H19N3O5S/c1-26-15-10-7-13(11-16(15)27(24,25)21-14-8-9-14)18(23)20-19-17(22)12-5-3-2-4-6-12/h2-7,10-11,14,21H,8-9H2,1H3,(H,19,22)(H,20,23). The van der Waals surface area contributed by atoms with Crippen molar-refractivity contribution in [2.45, 2.75) is 23.8 Å². The molecule has 2 aromatic rings. The summed E-state index contributed by atoms with van der Waals surface area (Å²) in [5.41, 5.74) is 5.01. The molecule has 1 aliphatic carbocycles. The second-order valence-electron chi connectivity index (χ2n) is 6.04. The van der Waals surface area contributed by atoms with Gasteiger partial charge in [-0.3, -0.25) is 20.4 Å². The number of hydrogen-bond acceptors (Lipinski definition) is 5. The Labute approximate surface area is 156 Å². The third-order valence-electron chi connectivity index (χ3n) is 3.94. The topological polar surface area (TPSA) is 114 Å². The summed E-state index contributed by atoms with van der Waals surface area (Å²) >= 11 is 0. The highest BCUT2D eigenvalue weighted by atomic mass is 32.2. The molecule has 142 valence electrons. The Hall–Kier alpha value is -2.91. The van der Waals surface area contributed by atoms with Gasteiger partial charge in [-0.25, -0.2) is 13.1 Å². The first-order valence-corrected chi connectivity index (χ1v) is 9.75. The molecule has 0 atom stereocenters. The largest absolute Gasteiger partial charge is 0.495 e. The lowest BCUT2D eigenvalue weighted by atomic mass is 10.2. The van der Waals surface area contributed by atoms with Crippen molar-refractivity contribution in [1.29, 1.82) is 0 Å². The van der Waals surface area contributed by atoms with Crippen molar-refractivity contribution in [3.8, 4) is 5.75 Å². The zero-order chi connectivity index (χ0) is 19.4. The normalized spacial score (nSPS) is 13.7. The van der Waals surface area contributed by atoms with Crippen LogP contribution in [0.5, 0.6) is 5.75 Å². The van der Waals surface area contributed by atoms with E-state index in [1.54, 1.807) is 30.3 Å². The molecule has 0 heterocycles. The lowest BCUT2D eigenvalue weighted by molar-refractivity contribution is 0.0846. The van der Waals surface area contributed by atoms with Crippen LogP contribution in [0, 0.1) is 0 Å². The van der Waals surface area contributed by atoms with Gasteiger partial charge in [0, 0.05) is 17.2 Å². The van der Waals surface area contributed by atoms with Crippen LogP contribution in [-0.4, -0.2) is 33.4 Å². The highest BCUT2D eigenvalue weighted by Gasteiger charge is 2.30. The van der Waals surface area contributed by atoms with E-state index in [2.05, 4.69) is 15.6 Å². The third kappa shape index (κ3) is 4.63. The van der Waals surface area contributed by atoms with Gasteiger partial charge in [0.2, 0.25) is 10.0 Å². The van der Waals surface area contributed by atoms with Gasteiger partial charge in [0.25, 0.3) is 11.8 Å². The molecule has 0 bridgehead atoms. The molecule has 8 nitrogen and oxygen atoms in total. The molecule has 0 radical (unpaired) electrons. The van der Waals surface area contributed by atoms with Crippen molar-refractivity contribution in [3.05, 3.63) is 59.7 Å². The van der Waals surface area contributed by atoms with E-state index in [1.165, 1.54) is 25.3 Å². The number of carbonyl (C=O) groups is 2. The Bertz CT molecular complexity index is 956. The van der Waals surface area contributed by atoms with E-state index >= 15 is 0 Å². The molecule has 3 rings (SSSR count). The fraction of sp³-hybridized carbons (Fsp3) is 0.222. The quantitative estimate of drug-likeness (QED) is 0.643. The van der Waals surface area contributed by atoms with Gasteiger partial charge in [0.15, 0.2) is 0 Å². The zero-order valence-corrected chi connectivity index (χ0v) is 15.4. The minimum absolute atomic E-state index is 0.0698. The van der Waals surface area contributed by atoms with E-state index in [-0.39, 0.29) is 22.3 Å². The molecule has 0 saturated heterocycles. The van der Waals surface area contributed by atoms with Crippen LogP contribution in [-0.2, 0) is 10.0 Å². The molecular formula is C18H19N3O5S. The molecule has 9 heteroatoms. The average molecular weight is 389 g/mol. The van der Waals surface area contributed by atoms with Crippen molar-refractivity contribution in [2.75, 3.05) is 7.11 Å². The summed E-state index contributed by atoms with van der Waals surface area (Å²) in [5.74, 6) is -1.00. The maximum absolute atomic E-state index is 12.5. The number of ether oxygens (including phenoxy) is 1. The molecule has 1 saturated carbocycles. The summed E-state index contributed by atoms with van der Waals surface area (Å²) in [6.45, 7) is 0. The number of sulfonamides is 1. The van der Waals surface area contributed by atoms with Crippen molar-refractivity contribution in [3.63, 3.8) is 0 Å². The number of methoxy groups -OCH3 is 1. The van der Waals surface area contributed by atoms with Gasteiger partial charge in [-0.15, -0.1) is 0 Å². The van der Waals surface area contributed by atoms with E-state index in [1.807, 2.05) is 0 Å². The van der Waals surface area contributed by atoms with Gasteiger partial charge in [-0.05, 0) is 43.2 Å². The minimum atomic E-state index is -3.81. The molecule has 0 aliphatic heterocycles. The maximum atomic E-state index is 12.5. The molecule has 3 N–H and O–H groups in total. The molecule has 1 fully saturated rings. The van der Waals surface area contributed by atoms with Gasteiger partial charge in [0.1, 0.15) is 10.6 Å². The van der Waals surface area contributed by atoms with E-state index in [4.69, 9.17) is 4.74 Å². The number of hydrogen-bond donors (Lipinski definition) is 3. The van der Waals surface area contributed by atoms with E-state index < -0.39 is 21.8 Å². The van der Waals surface area contributed by atoms with Gasteiger partial charge in [0.05, 0.1) is 7.11 Å². The Morgan fingerprint density at radius 1 is 0.963 bits per heavy atom. The Morgan fingerprint density at radius 3 is 2.19 bits per heavy atom. The SMILES string of the molecule is COc1ccc(C(=O)NNC(=O)c2ccccc2)cc1S(=O)(=O)NC1CC1. The van der Waals surface area contributed by atoms with Crippen molar-refractivity contribution in [1.82, 2.24) is 15.6 Å². The van der Waals surface area contributed by atoms with Crippen molar-refractivity contribution < 1.29 is 22.7 Å². The molecule has 27 heavy (non-hydrogen) atoms. The van der Waals surface area contributed by atoms with E-state index in [9.17, 15) is 18.0 Å². The zero-order valence-electron chi connectivity index (χ0n) is 14.6. The van der Waals surface area contributed by atoms with Crippen LogP contribution >= 0.6 is 0 Å².